The Morgan fingerprint density at radius 1 is 1.31 bits per heavy atom. The Morgan fingerprint density at radius 2 is 2.19 bits per heavy atom. The number of pyridine rings is 1. The molecular weight excluding hydrogens is 386 g/mol. The highest BCUT2D eigenvalue weighted by molar-refractivity contribution is 7.99. The Kier molecular flexibility index (Phi) is 4.55. The third-order valence-corrected chi connectivity index (χ3v) is 6.19. The van der Waals surface area contributed by atoms with Crippen molar-refractivity contribution in [1.29, 1.82) is 5.26 Å². The number of aryl methyl sites for hydroxylation is 1. The summed E-state index contributed by atoms with van der Waals surface area (Å²) >= 11 is 9.51. The molecule has 0 radical (unpaired) electrons. The molecule has 5 nitrogen and oxygen atoms in total. The van der Waals surface area contributed by atoms with E-state index in [-0.39, 0.29) is 0 Å². The average Bonchev–Trinajstić information content (AvgIpc) is 3.27. The normalized spacial score (nSPS) is 10.8. The molecule has 0 amide bonds. The van der Waals surface area contributed by atoms with Gasteiger partial charge in [0.05, 0.1) is 16.3 Å². The third kappa shape index (κ3) is 3.15. The molecule has 128 valence electrons. The maximum Gasteiger partial charge on any atom is 0.172 e. The summed E-state index contributed by atoms with van der Waals surface area (Å²) in [6, 6.07) is 9.89. The van der Waals surface area contributed by atoms with Crippen LogP contribution in [0.2, 0.25) is 5.02 Å². The van der Waals surface area contributed by atoms with Gasteiger partial charge in [-0.25, -0.2) is 9.97 Å². The number of rotatable bonds is 4. The van der Waals surface area contributed by atoms with Crippen LogP contribution in [0.1, 0.15) is 5.56 Å². The lowest BCUT2D eigenvalue weighted by atomic mass is 10.2. The zero-order valence-electron chi connectivity index (χ0n) is 13.6. The summed E-state index contributed by atoms with van der Waals surface area (Å²) in [5, 5.41) is 17.1. The van der Waals surface area contributed by atoms with Crippen LogP contribution in [0.15, 0.2) is 58.3 Å². The van der Waals surface area contributed by atoms with E-state index in [1.165, 1.54) is 11.8 Å². The fourth-order valence-corrected chi connectivity index (χ4v) is 4.35. The minimum Gasteiger partial charge on any atom is -0.354 e. The Bertz CT molecular complexity index is 1140. The molecule has 0 spiro atoms. The van der Waals surface area contributed by atoms with Crippen molar-refractivity contribution in [1.82, 2.24) is 14.5 Å². The van der Waals surface area contributed by atoms with Crippen LogP contribution in [-0.2, 0) is 7.05 Å². The first kappa shape index (κ1) is 16.9. The van der Waals surface area contributed by atoms with Crippen molar-refractivity contribution in [3.05, 3.63) is 58.8 Å². The van der Waals surface area contributed by atoms with Gasteiger partial charge >= 0.3 is 0 Å². The zero-order valence-corrected chi connectivity index (χ0v) is 16.0. The first-order valence-corrected chi connectivity index (χ1v) is 9.71. The van der Waals surface area contributed by atoms with E-state index < -0.39 is 0 Å². The van der Waals surface area contributed by atoms with Gasteiger partial charge in [0.1, 0.15) is 10.9 Å². The largest absolute Gasteiger partial charge is 0.354 e. The van der Waals surface area contributed by atoms with Crippen molar-refractivity contribution < 1.29 is 0 Å². The first-order chi connectivity index (χ1) is 12.7. The van der Waals surface area contributed by atoms with Gasteiger partial charge in [0, 0.05) is 41.6 Å². The fraction of sp³-hybridized carbons (Fsp3) is 0.0556. The lowest BCUT2D eigenvalue weighted by Gasteiger charge is -2.11. The minimum absolute atomic E-state index is 0.499. The van der Waals surface area contributed by atoms with Gasteiger partial charge in [0.15, 0.2) is 5.16 Å². The number of benzene rings is 1. The van der Waals surface area contributed by atoms with Crippen LogP contribution in [0.5, 0.6) is 0 Å². The summed E-state index contributed by atoms with van der Waals surface area (Å²) < 4.78 is 1.94. The molecule has 0 saturated carbocycles. The number of hydrogen-bond acceptors (Lipinski definition) is 6. The highest BCUT2D eigenvalue weighted by Gasteiger charge is 2.12. The number of nitrogens with one attached hydrogen (secondary N) is 1. The number of thiophene rings is 1. The van der Waals surface area contributed by atoms with Crippen molar-refractivity contribution in [2.75, 3.05) is 5.32 Å². The molecule has 0 aliphatic carbocycles. The van der Waals surface area contributed by atoms with E-state index in [1.54, 1.807) is 23.7 Å². The number of imidazole rings is 1. The first-order valence-electron chi connectivity index (χ1n) is 7.64. The smallest absolute Gasteiger partial charge is 0.172 e. The van der Waals surface area contributed by atoms with E-state index in [9.17, 15) is 5.26 Å². The summed E-state index contributed by atoms with van der Waals surface area (Å²) in [5.41, 5.74) is 2.06. The Labute approximate surface area is 163 Å². The minimum atomic E-state index is 0.499. The standard InChI is InChI=1S/C18H12ClN5S2/c1-24-6-5-21-18(24)26-15-3-2-12(8-14(15)19)23-16-11(9-20)10-22-17-13(16)4-7-25-17/h2-8,10H,1H3,(H,22,23). The molecule has 26 heavy (non-hydrogen) atoms. The highest BCUT2D eigenvalue weighted by atomic mass is 35.5. The van der Waals surface area contributed by atoms with Crippen LogP contribution in [0.4, 0.5) is 11.4 Å². The second-order valence-electron chi connectivity index (χ2n) is 5.49. The highest BCUT2D eigenvalue weighted by Crippen LogP contribution is 2.36. The molecule has 0 bridgehead atoms. The maximum atomic E-state index is 9.40. The number of halogens is 1. The van der Waals surface area contributed by atoms with Gasteiger partial charge in [-0.2, -0.15) is 5.26 Å². The van der Waals surface area contributed by atoms with Gasteiger partial charge < -0.3 is 9.88 Å². The molecule has 0 aliphatic rings. The summed E-state index contributed by atoms with van der Waals surface area (Å²) in [7, 11) is 1.94. The molecule has 1 N–H and O–H groups in total. The van der Waals surface area contributed by atoms with Gasteiger partial charge in [-0.1, -0.05) is 23.4 Å². The topological polar surface area (TPSA) is 66.5 Å². The molecule has 8 heteroatoms. The lowest BCUT2D eigenvalue weighted by Crippen LogP contribution is -1.96. The van der Waals surface area contributed by atoms with Crippen LogP contribution in [0, 0.1) is 11.3 Å². The van der Waals surface area contributed by atoms with Crippen molar-refractivity contribution >= 4 is 56.3 Å². The van der Waals surface area contributed by atoms with Crippen molar-refractivity contribution in [3.8, 4) is 6.07 Å². The predicted octanol–water partition coefficient (Wildman–Crippen LogP) is 5.45. The molecule has 4 aromatic rings. The van der Waals surface area contributed by atoms with Crippen molar-refractivity contribution in [2.24, 2.45) is 7.05 Å². The summed E-state index contributed by atoms with van der Waals surface area (Å²) in [5.74, 6) is 0. The van der Waals surface area contributed by atoms with Crippen LogP contribution >= 0.6 is 34.7 Å². The van der Waals surface area contributed by atoms with Gasteiger partial charge in [-0.05, 0) is 29.6 Å². The Hall–Kier alpha value is -2.53. The number of anilines is 2. The number of nitrogens with zero attached hydrogens (tertiary/aromatic N) is 4. The summed E-state index contributed by atoms with van der Waals surface area (Å²) in [4.78, 5) is 10.4. The van der Waals surface area contributed by atoms with E-state index in [2.05, 4.69) is 21.4 Å². The summed E-state index contributed by atoms with van der Waals surface area (Å²) in [6.07, 6.45) is 5.24. The molecule has 1 aromatic carbocycles. The number of nitriles is 1. The SMILES string of the molecule is Cn1ccnc1Sc1ccc(Nc2c(C#N)cnc3sccc23)cc1Cl. The maximum absolute atomic E-state index is 9.40. The van der Waals surface area contributed by atoms with Crippen molar-refractivity contribution in [2.45, 2.75) is 10.1 Å². The lowest BCUT2D eigenvalue weighted by molar-refractivity contribution is 0.790. The monoisotopic (exact) mass is 397 g/mol. The molecule has 0 saturated heterocycles. The quantitative estimate of drug-likeness (QED) is 0.496. The number of aromatic nitrogens is 3. The second-order valence-corrected chi connectivity index (χ2v) is 7.80. The van der Waals surface area contributed by atoms with E-state index in [0.29, 0.717) is 10.6 Å². The van der Waals surface area contributed by atoms with Crippen LogP contribution < -0.4 is 5.32 Å². The zero-order chi connectivity index (χ0) is 18.1. The number of hydrogen-bond donors (Lipinski definition) is 1. The fourth-order valence-electron chi connectivity index (χ4n) is 2.50. The molecule has 0 unspecified atom stereocenters. The van der Waals surface area contributed by atoms with Gasteiger partial charge in [-0.3, -0.25) is 0 Å². The Morgan fingerprint density at radius 3 is 2.92 bits per heavy atom. The molecular formula is C18H12ClN5S2. The molecule has 4 rings (SSSR count). The van der Waals surface area contributed by atoms with Gasteiger partial charge in [0.25, 0.3) is 0 Å². The average molecular weight is 398 g/mol. The van der Waals surface area contributed by atoms with E-state index in [0.717, 1.165) is 31.6 Å². The summed E-state index contributed by atoms with van der Waals surface area (Å²) in [6.45, 7) is 0. The molecule has 0 aliphatic heterocycles. The molecule has 3 aromatic heterocycles. The van der Waals surface area contributed by atoms with Crippen LogP contribution in [0.25, 0.3) is 10.2 Å². The molecule has 3 heterocycles. The van der Waals surface area contributed by atoms with Crippen LogP contribution in [0.3, 0.4) is 0 Å². The predicted molar refractivity (Wildman–Crippen MR) is 106 cm³/mol. The van der Waals surface area contributed by atoms with E-state index in [1.807, 2.05) is 47.5 Å². The van der Waals surface area contributed by atoms with Gasteiger partial charge in [-0.15, -0.1) is 11.3 Å². The second kappa shape index (κ2) is 7.00. The van der Waals surface area contributed by atoms with Gasteiger partial charge in [0.2, 0.25) is 0 Å². The van der Waals surface area contributed by atoms with Crippen LogP contribution in [-0.4, -0.2) is 14.5 Å². The Balaban J connectivity index is 1.66. The van der Waals surface area contributed by atoms with Crippen molar-refractivity contribution in [3.63, 3.8) is 0 Å². The third-order valence-electron chi connectivity index (χ3n) is 3.79. The van der Waals surface area contributed by atoms with E-state index >= 15 is 0 Å². The molecule has 0 fully saturated rings. The van der Waals surface area contributed by atoms with E-state index in [4.69, 9.17) is 11.6 Å². The number of fused-ring (bicyclic) bond motifs is 1. The molecule has 0 atom stereocenters.